The Morgan fingerprint density at radius 2 is 1.25 bits per heavy atom. The molecule has 0 bridgehead atoms. The van der Waals surface area contributed by atoms with Gasteiger partial charge in [0.15, 0.2) is 0 Å². The maximum atomic E-state index is 4.05. The van der Waals surface area contributed by atoms with Gasteiger partial charge in [-0.3, -0.25) is 0 Å². The normalized spacial score (nSPS) is 12.9. The van der Waals surface area contributed by atoms with Crippen LogP contribution >= 0.6 is 0 Å². The molecule has 0 aliphatic rings. The van der Waals surface area contributed by atoms with Gasteiger partial charge in [0, 0.05) is 0 Å². The fraction of sp³-hybridized carbons (Fsp3) is 0.938. The fourth-order valence-electron chi connectivity index (χ4n) is 2.41. The molecule has 0 aromatic heterocycles. The van der Waals surface area contributed by atoms with Crippen LogP contribution in [0, 0.1) is 12.8 Å². The molecule has 0 saturated heterocycles. The van der Waals surface area contributed by atoms with Crippen LogP contribution in [0.2, 0.25) is 0 Å². The summed E-state index contributed by atoms with van der Waals surface area (Å²) >= 11 is 0. The van der Waals surface area contributed by atoms with Crippen molar-refractivity contribution in [2.45, 2.75) is 90.9 Å². The topological polar surface area (TPSA) is 0 Å². The van der Waals surface area contributed by atoms with Gasteiger partial charge in [0.25, 0.3) is 0 Å². The van der Waals surface area contributed by atoms with Crippen LogP contribution in [-0.4, -0.2) is 0 Å². The highest BCUT2D eigenvalue weighted by Crippen LogP contribution is 2.19. The van der Waals surface area contributed by atoms with Gasteiger partial charge in [-0.2, -0.15) is 0 Å². The summed E-state index contributed by atoms with van der Waals surface area (Å²) in [7, 11) is 0. The lowest BCUT2D eigenvalue weighted by molar-refractivity contribution is 0.421. The maximum Gasteiger partial charge on any atom is -0.0414 e. The smallest absolute Gasteiger partial charge is 0.0414 e. The molecule has 0 saturated carbocycles. The van der Waals surface area contributed by atoms with E-state index in [2.05, 4.69) is 20.8 Å². The Morgan fingerprint density at radius 3 is 1.75 bits per heavy atom. The summed E-state index contributed by atoms with van der Waals surface area (Å²) in [6.07, 6.45) is 16.8. The first-order valence-electron chi connectivity index (χ1n) is 7.64. The lowest BCUT2D eigenvalue weighted by Crippen LogP contribution is -1.98. The zero-order valence-corrected chi connectivity index (χ0v) is 11.8. The van der Waals surface area contributed by atoms with Crippen molar-refractivity contribution in [1.29, 1.82) is 0 Å². The summed E-state index contributed by atoms with van der Waals surface area (Å²) in [6, 6.07) is 0. The summed E-state index contributed by atoms with van der Waals surface area (Å²) in [5.74, 6) is 0.907. The van der Waals surface area contributed by atoms with Crippen LogP contribution in [0.15, 0.2) is 0 Å². The molecule has 1 radical (unpaired) electrons. The molecule has 0 aromatic rings. The molecule has 0 nitrogen and oxygen atoms in total. The third kappa shape index (κ3) is 10.5. The summed E-state index contributed by atoms with van der Waals surface area (Å²) in [5.41, 5.74) is 0. The molecule has 0 fully saturated rings. The van der Waals surface area contributed by atoms with Crippen molar-refractivity contribution in [2.24, 2.45) is 5.92 Å². The van der Waals surface area contributed by atoms with Crippen molar-refractivity contribution >= 4 is 0 Å². The quantitative estimate of drug-likeness (QED) is 0.349. The van der Waals surface area contributed by atoms with Crippen molar-refractivity contribution in [2.75, 3.05) is 0 Å². The Hall–Kier alpha value is 0. The van der Waals surface area contributed by atoms with Crippen LogP contribution < -0.4 is 0 Å². The van der Waals surface area contributed by atoms with Crippen molar-refractivity contribution in [3.63, 3.8) is 0 Å². The van der Waals surface area contributed by atoms with Crippen molar-refractivity contribution < 1.29 is 0 Å². The fourth-order valence-corrected chi connectivity index (χ4v) is 2.41. The van der Waals surface area contributed by atoms with Gasteiger partial charge in [0.2, 0.25) is 0 Å². The van der Waals surface area contributed by atoms with Crippen molar-refractivity contribution in [1.82, 2.24) is 0 Å². The predicted molar refractivity (Wildman–Crippen MR) is 75.6 cm³/mol. The van der Waals surface area contributed by atoms with Crippen LogP contribution in [0.3, 0.4) is 0 Å². The molecule has 0 aliphatic heterocycles. The van der Waals surface area contributed by atoms with Gasteiger partial charge in [-0.05, 0) is 5.92 Å². The summed E-state index contributed by atoms with van der Waals surface area (Å²) < 4.78 is 0. The first-order valence-corrected chi connectivity index (χ1v) is 7.64. The second-order valence-electron chi connectivity index (χ2n) is 5.21. The van der Waals surface area contributed by atoms with Gasteiger partial charge in [-0.1, -0.05) is 97.8 Å². The minimum Gasteiger partial charge on any atom is -0.0654 e. The van der Waals surface area contributed by atoms with Crippen LogP contribution in [-0.2, 0) is 0 Å². The van der Waals surface area contributed by atoms with E-state index in [0.29, 0.717) is 0 Å². The van der Waals surface area contributed by atoms with E-state index in [9.17, 15) is 0 Å². The monoisotopic (exact) mass is 225 g/mol. The highest BCUT2D eigenvalue weighted by atomic mass is 14.1. The third-order valence-electron chi connectivity index (χ3n) is 3.57. The molecule has 0 N–H and O–H groups in total. The Morgan fingerprint density at radius 1 is 0.688 bits per heavy atom. The molecule has 0 aliphatic carbocycles. The molecule has 0 heteroatoms. The average molecular weight is 225 g/mol. The van der Waals surface area contributed by atoms with E-state index in [1.807, 2.05) is 0 Å². The van der Waals surface area contributed by atoms with Crippen LogP contribution in [0.25, 0.3) is 0 Å². The number of rotatable bonds is 12. The lowest BCUT2D eigenvalue weighted by Gasteiger charge is -2.12. The highest BCUT2D eigenvalue weighted by Gasteiger charge is 2.03. The minimum absolute atomic E-state index is 0.907. The molecular weight excluding hydrogens is 192 g/mol. The Bertz CT molecular complexity index is 117. The lowest BCUT2D eigenvalue weighted by atomic mass is 9.94. The summed E-state index contributed by atoms with van der Waals surface area (Å²) in [6.45, 7) is 8.63. The summed E-state index contributed by atoms with van der Waals surface area (Å²) in [4.78, 5) is 0. The van der Waals surface area contributed by atoms with Crippen molar-refractivity contribution in [3.05, 3.63) is 6.92 Å². The molecule has 0 amide bonds. The Balaban J connectivity index is 3.12. The zero-order valence-electron chi connectivity index (χ0n) is 11.8. The largest absolute Gasteiger partial charge is 0.0654 e. The molecule has 0 heterocycles. The molecule has 97 valence electrons. The predicted octanol–water partition coefficient (Wildman–Crippen LogP) is 6.16. The second kappa shape index (κ2) is 13.1. The van der Waals surface area contributed by atoms with Crippen LogP contribution in [0.1, 0.15) is 90.9 Å². The van der Waals surface area contributed by atoms with E-state index < -0.39 is 0 Å². The molecular formula is C16H33. The van der Waals surface area contributed by atoms with E-state index in [-0.39, 0.29) is 0 Å². The molecule has 0 rings (SSSR count). The molecule has 0 spiro atoms. The van der Waals surface area contributed by atoms with Gasteiger partial charge in [-0.25, -0.2) is 0 Å². The van der Waals surface area contributed by atoms with Gasteiger partial charge >= 0.3 is 0 Å². The SMILES string of the molecule is [CH2]CC(CCC)CCCCCCCCCC. The van der Waals surface area contributed by atoms with Crippen molar-refractivity contribution in [3.8, 4) is 0 Å². The molecule has 0 aromatic carbocycles. The van der Waals surface area contributed by atoms with E-state index in [1.165, 1.54) is 70.6 Å². The Labute approximate surface area is 104 Å². The van der Waals surface area contributed by atoms with Crippen LogP contribution in [0.5, 0.6) is 0 Å². The number of unbranched alkanes of at least 4 members (excludes halogenated alkanes) is 7. The zero-order chi connectivity index (χ0) is 12.1. The van der Waals surface area contributed by atoms with Gasteiger partial charge < -0.3 is 0 Å². The molecule has 16 heavy (non-hydrogen) atoms. The van der Waals surface area contributed by atoms with E-state index in [1.54, 1.807) is 0 Å². The highest BCUT2D eigenvalue weighted by molar-refractivity contribution is 4.60. The van der Waals surface area contributed by atoms with E-state index in [0.717, 1.165) is 12.3 Å². The number of hydrogen-bond donors (Lipinski definition) is 0. The maximum absolute atomic E-state index is 4.05. The third-order valence-corrected chi connectivity index (χ3v) is 3.57. The number of hydrogen-bond acceptors (Lipinski definition) is 0. The average Bonchev–Trinajstić information content (AvgIpc) is 2.31. The van der Waals surface area contributed by atoms with E-state index in [4.69, 9.17) is 0 Å². The first kappa shape index (κ1) is 16.0. The van der Waals surface area contributed by atoms with Crippen LogP contribution in [0.4, 0.5) is 0 Å². The second-order valence-corrected chi connectivity index (χ2v) is 5.21. The van der Waals surface area contributed by atoms with E-state index >= 15 is 0 Å². The standard InChI is InChI=1S/C16H33/c1-4-7-8-9-10-11-12-13-15-16(6-3)14-5-2/h16H,3-15H2,1-2H3. The van der Waals surface area contributed by atoms with Gasteiger partial charge in [-0.15, -0.1) is 0 Å². The summed E-state index contributed by atoms with van der Waals surface area (Å²) in [5, 5.41) is 0. The minimum atomic E-state index is 0.907. The van der Waals surface area contributed by atoms with Gasteiger partial charge in [0.05, 0.1) is 0 Å². The first-order chi connectivity index (χ1) is 7.85. The molecule has 1 atom stereocenters. The molecule has 1 unspecified atom stereocenters. The Kier molecular flexibility index (Phi) is 13.1. The van der Waals surface area contributed by atoms with Gasteiger partial charge in [0.1, 0.15) is 0 Å².